The summed E-state index contributed by atoms with van der Waals surface area (Å²) in [5, 5.41) is -0.312. The molecule has 7 aromatic rings. The highest BCUT2D eigenvalue weighted by Crippen LogP contribution is 2.51. The van der Waals surface area contributed by atoms with Crippen LogP contribution in [0.15, 0.2) is 170 Å². The standard InChI is InChI=1S/C58H64ClN3/c1-55(2,3)41-23-31-47(32-24-41)61(48-33-25-42(26-34-48)56(4,5)6)52-39-51(60(45-19-15-13-16-20-45)46-21-17-14-18-22-46)40-53(54(52)59)62(49-35-27-43(28-36-49)57(7,8)9)50-37-29-44(30-38-50)58(10,11)12/h13-40H,1-12H3/i23D,24D,25D,26D,27D,28D,29D,30D,31D,32D,33D,35D,36D,37D. The Bertz CT molecular complexity index is 3150. The minimum atomic E-state index is -0.889. The van der Waals surface area contributed by atoms with Gasteiger partial charge in [-0.3, -0.25) is 0 Å². The van der Waals surface area contributed by atoms with Crippen LogP contribution in [0, 0.1) is 0 Å². The van der Waals surface area contributed by atoms with E-state index in [4.69, 9.17) is 11.6 Å². The van der Waals surface area contributed by atoms with Crippen molar-refractivity contribution in [3.8, 4) is 0 Å². The lowest BCUT2D eigenvalue weighted by Gasteiger charge is -2.34. The first-order valence-electron chi connectivity index (χ1n) is 27.8. The molecular formula is C58H64ClN3. The summed E-state index contributed by atoms with van der Waals surface area (Å²) in [5.41, 5.74) is -2.76. The topological polar surface area (TPSA) is 9.72 Å². The summed E-state index contributed by atoms with van der Waals surface area (Å²) in [6.45, 7) is 21.5. The van der Waals surface area contributed by atoms with E-state index in [0.717, 1.165) is 0 Å². The maximum atomic E-state index is 9.80. The van der Waals surface area contributed by atoms with Crippen LogP contribution in [-0.2, 0) is 21.7 Å². The van der Waals surface area contributed by atoms with Crippen molar-refractivity contribution in [2.75, 3.05) is 14.7 Å². The fourth-order valence-corrected chi connectivity index (χ4v) is 6.97. The van der Waals surface area contributed by atoms with Crippen LogP contribution in [0.3, 0.4) is 0 Å². The van der Waals surface area contributed by atoms with Crippen LogP contribution in [0.1, 0.15) is 125 Å². The lowest BCUT2D eigenvalue weighted by atomic mass is 9.86. The molecule has 0 spiro atoms. The largest absolute Gasteiger partial charge is 0.310 e. The molecule has 318 valence electrons. The lowest BCUT2D eigenvalue weighted by Crippen LogP contribution is -2.18. The molecule has 0 aliphatic heterocycles. The second-order valence-corrected chi connectivity index (χ2v) is 19.9. The molecular weight excluding hydrogens is 774 g/mol. The first-order chi connectivity index (χ1) is 35.0. The van der Waals surface area contributed by atoms with Gasteiger partial charge in [-0.05, 0) is 129 Å². The molecule has 4 heteroatoms. The maximum absolute atomic E-state index is 9.80. The smallest absolute Gasteiger partial charge is 0.0888 e. The molecule has 62 heavy (non-hydrogen) atoms. The van der Waals surface area contributed by atoms with E-state index in [9.17, 15) is 19.2 Å². The number of benzene rings is 7. The van der Waals surface area contributed by atoms with Gasteiger partial charge in [0.2, 0.25) is 0 Å². The second-order valence-electron chi connectivity index (χ2n) is 19.5. The summed E-state index contributed by atoms with van der Waals surface area (Å²) >= 11 is 7.97. The lowest BCUT2D eigenvalue weighted by molar-refractivity contribution is 0.590. The van der Waals surface area contributed by atoms with Crippen LogP contribution in [0.5, 0.6) is 0 Å². The van der Waals surface area contributed by atoms with Crippen molar-refractivity contribution in [3.63, 3.8) is 0 Å². The zero-order chi connectivity index (χ0) is 56.8. The Morgan fingerprint density at radius 3 is 0.919 bits per heavy atom. The van der Waals surface area contributed by atoms with Crippen molar-refractivity contribution in [1.29, 1.82) is 0 Å². The summed E-state index contributed by atoms with van der Waals surface area (Å²) in [6, 6.07) is 18.6. The Labute approximate surface area is 397 Å². The van der Waals surface area contributed by atoms with Crippen molar-refractivity contribution in [3.05, 3.63) is 197 Å². The molecule has 0 N–H and O–H groups in total. The van der Waals surface area contributed by atoms with Gasteiger partial charge in [0.15, 0.2) is 0 Å². The molecule has 0 saturated heterocycles. The molecule has 0 saturated carbocycles. The summed E-state index contributed by atoms with van der Waals surface area (Å²) in [5.74, 6) is 0. The van der Waals surface area contributed by atoms with Crippen molar-refractivity contribution < 1.29 is 19.2 Å². The number of rotatable bonds is 9. The van der Waals surface area contributed by atoms with Crippen LogP contribution in [0.4, 0.5) is 51.2 Å². The van der Waals surface area contributed by atoms with E-state index in [1.54, 1.807) is 53.7 Å². The van der Waals surface area contributed by atoms with Gasteiger partial charge >= 0.3 is 0 Å². The highest BCUT2D eigenvalue weighted by molar-refractivity contribution is 6.37. The SMILES string of the molecule is [2H]c1cc(N(c2cc(N(c3ccccc3)c3ccccc3)cc(N(c3cc([2H])c(C(C)(C)C)c([2H])c3[2H])c3c([2H])c([2H])c(C(C)(C)C)c([2H])c3[2H])c2Cl)c2c([2H])c([2H])c(C(C)(C)C)c([2H])c2[2H])c([2H])c([2H])c1C(C)(C)C. The molecule has 7 aromatic carbocycles. The zero-order valence-electron chi connectivity index (χ0n) is 51.8. The van der Waals surface area contributed by atoms with Crippen molar-refractivity contribution >= 4 is 62.8 Å². The van der Waals surface area contributed by atoms with Crippen LogP contribution < -0.4 is 14.7 Å². The fraction of sp³-hybridized carbons (Fsp3) is 0.276. The van der Waals surface area contributed by atoms with Crippen LogP contribution in [0.25, 0.3) is 0 Å². The van der Waals surface area contributed by atoms with Gasteiger partial charge in [-0.2, -0.15) is 0 Å². The van der Waals surface area contributed by atoms with Gasteiger partial charge < -0.3 is 14.7 Å². The third-order valence-electron chi connectivity index (χ3n) is 10.3. The quantitative estimate of drug-likeness (QED) is 0.143. The Balaban J connectivity index is 1.82. The molecule has 0 bridgehead atoms. The van der Waals surface area contributed by atoms with Crippen LogP contribution >= 0.6 is 11.6 Å². The van der Waals surface area contributed by atoms with Gasteiger partial charge in [0.05, 0.1) is 41.3 Å². The predicted molar refractivity (Wildman–Crippen MR) is 270 cm³/mol. The van der Waals surface area contributed by atoms with Gasteiger partial charge in [0, 0.05) is 34.1 Å². The molecule has 0 aromatic heterocycles. The van der Waals surface area contributed by atoms with Gasteiger partial charge in [0.1, 0.15) is 0 Å². The Morgan fingerprint density at radius 1 is 0.323 bits per heavy atom. The average molecular weight is 853 g/mol. The number of hydrogen-bond acceptors (Lipinski definition) is 3. The summed E-state index contributed by atoms with van der Waals surface area (Å²) in [6.07, 6.45) is 0. The number of hydrogen-bond donors (Lipinski definition) is 0. The van der Waals surface area contributed by atoms with Crippen LogP contribution in [-0.4, -0.2) is 0 Å². The van der Waals surface area contributed by atoms with Gasteiger partial charge in [-0.15, -0.1) is 0 Å². The van der Waals surface area contributed by atoms with E-state index in [1.807, 2.05) is 107 Å². The monoisotopic (exact) mass is 852 g/mol. The van der Waals surface area contributed by atoms with Crippen molar-refractivity contribution in [2.45, 2.75) is 105 Å². The number of anilines is 9. The number of para-hydroxylation sites is 2. The molecule has 0 unspecified atom stereocenters. The maximum Gasteiger partial charge on any atom is 0.0888 e. The molecule has 0 aliphatic carbocycles. The van der Waals surface area contributed by atoms with E-state index < -0.39 is 69.3 Å². The minimum Gasteiger partial charge on any atom is -0.310 e. The Morgan fingerprint density at radius 2 is 0.613 bits per heavy atom. The molecule has 0 heterocycles. The summed E-state index contributed by atoms with van der Waals surface area (Å²) in [4.78, 5) is 4.29. The van der Waals surface area contributed by atoms with Gasteiger partial charge in [0.25, 0.3) is 0 Å². The summed E-state index contributed by atoms with van der Waals surface area (Å²) < 4.78 is 135. The Hall–Kier alpha value is -5.77. The van der Waals surface area contributed by atoms with Gasteiger partial charge in [-0.25, -0.2) is 0 Å². The molecule has 0 radical (unpaired) electrons. The predicted octanol–water partition coefficient (Wildman–Crippen LogP) is 17.9. The second kappa shape index (κ2) is 17.2. The normalized spacial score (nSPS) is 15.4. The third kappa shape index (κ3) is 9.64. The van der Waals surface area contributed by atoms with E-state index in [0.29, 0.717) is 11.4 Å². The van der Waals surface area contributed by atoms with E-state index in [-0.39, 0.29) is 104 Å². The highest BCUT2D eigenvalue weighted by atomic mass is 35.5. The van der Waals surface area contributed by atoms with E-state index in [2.05, 4.69) is 0 Å². The molecule has 0 amide bonds. The van der Waals surface area contributed by atoms with Gasteiger partial charge in [-0.1, -0.05) is 179 Å². The molecule has 7 rings (SSSR count). The molecule has 3 nitrogen and oxygen atoms in total. The van der Waals surface area contributed by atoms with Crippen molar-refractivity contribution in [1.82, 2.24) is 0 Å². The highest BCUT2D eigenvalue weighted by Gasteiger charge is 2.28. The van der Waals surface area contributed by atoms with Crippen LogP contribution in [0.2, 0.25) is 5.02 Å². The number of halogens is 1. The third-order valence-corrected chi connectivity index (χ3v) is 10.7. The molecule has 0 atom stereocenters. The average Bonchev–Trinajstić information content (AvgIpc) is 3.32. The fourth-order valence-electron chi connectivity index (χ4n) is 6.69. The summed E-state index contributed by atoms with van der Waals surface area (Å²) in [7, 11) is 0. The van der Waals surface area contributed by atoms with Crippen molar-refractivity contribution in [2.24, 2.45) is 0 Å². The zero-order valence-corrected chi connectivity index (χ0v) is 38.6. The first kappa shape index (κ1) is 29.5. The van der Waals surface area contributed by atoms with E-state index >= 15 is 0 Å². The molecule has 0 fully saturated rings. The van der Waals surface area contributed by atoms with E-state index in [1.165, 1.54) is 21.9 Å². The number of nitrogens with zero attached hydrogens (tertiary/aromatic N) is 3. The first-order valence-corrected chi connectivity index (χ1v) is 21.2. The Kier molecular flexibility index (Phi) is 8.18. The minimum absolute atomic E-state index is 0.106. The molecule has 0 aliphatic rings.